The fourth-order valence-electron chi connectivity index (χ4n) is 2.99. The second-order valence-corrected chi connectivity index (χ2v) is 6.11. The smallest absolute Gasteiger partial charge is 0.151 e. The van der Waals surface area contributed by atoms with E-state index in [0.29, 0.717) is 12.2 Å². The van der Waals surface area contributed by atoms with E-state index in [1.54, 1.807) is 0 Å². The Bertz CT molecular complexity index is 467. The van der Waals surface area contributed by atoms with Crippen molar-refractivity contribution < 1.29 is 9.47 Å². The molecule has 2 aliphatic heterocycles. The molecule has 0 radical (unpaired) electrons. The second-order valence-electron chi connectivity index (χ2n) is 6.11. The zero-order valence-corrected chi connectivity index (χ0v) is 13.0. The molecule has 0 amide bonds. The van der Waals surface area contributed by atoms with E-state index in [0.717, 1.165) is 63.5 Å². The third kappa shape index (κ3) is 3.71. The van der Waals surface area contributed by atoms with E-state index in [-0.39, 0.29) is 0 Å². The van der Waals surface area contributed by atoms with Gasteiger partial charge < -0.3 is 14.4 Å². The third-order valence-electron chi connectivity index (χ3n) is 4.54. The molecule has 0 saturated carbocycles. The standard InChI is InChI=1S/C16H25N3O2/c1-12-11-16(18-17-13(12)2)19-7-3-14(4-8-19)21-15-5-9-20-10-6-15/h11,14-15H,3-10H2,1-2H3. The molecular formula is C16H25N3O2. The van der Waals surface area contributed by atoms with Crippen LogP contribution in [-0.4, -0.2) is 48.7 Å². The fraction of sp³-hybridized carbons (Fsp3) is 0.750. The van der Waals surface area contributed by atoms with Gasteiger partial charge in [-0.2, -0.15) is 5.10 Å². The first kappa shape index (κ1) is 14.7. The normalized spacial score (nSPS) is 21.7. The quantitative estimate of drug-likeness (QED) is 0.855. The Kier molecular flexibility index (Phi) is 4.70. The Morgan fingerprint density at radius 1 is 1.05 bits per heavy atom. The van der Waals surface area contributed by atoms with Gasteiger partial charge in [0.15, 0.2) is 5.82 Å². The fourth-order valence-corrected chi connectivity index (χ4v) is 2.99. The van der Waals surface area contributed by atoms with E-state index in [9.17, 15) is 0 Å². The highest BCUT2D eigenvalue weighted by molar-refractivity contribution is 5.41. The van der Waals surface area contributed by atoms with Crippen LogP contribution in [0.2, 0.25) is 0 Å². The summed E-state index contributed by atoms with van der Waals surface area (Å²) in [6.45, 7) is 7.80. The molecule has 0 unspecified atom stereocenters. The predicted octanol–water partition coefficient (Wildman–Crippen LogP) is 2.26. The lowest BCUT2D eigenvalue weighted by molar-refractivity contribution is -0.0744. The van der Waals surface area contributed by atoms with Gasteiger partial charge in [-0.05, 0) is 51.2 Å². The van der Waals surface area contributed by atoms with Gasteiger partial charge in [0.2, 0.25) is 0 Å². The summed E-state index contributed by atoms with van der Waals surface area (Å²) < 4.78 is 11.6. The van der Waals surface area contributed by atoms with Crippen LogP contribution in [0.5, 0.6) is 0 Å². The lowest BCUT2D eigenvalue weighted by Gasteiger charge is -2.35. The highest BCUT2D eigenvalue weighted by Crippen LogP contribution is 2.23. The minimum Gasteiger partial charge on any atom is -0.381 e. The van der Waals surface area contributed by atoms with Crippen LogP contribution in [0, 0.1) is 13.8 Å². The molecule has 2 aliphatic rings. The van der Waals surface area contributed by atoms with Gasteiger partial charge in [0.05, 0.1) is 17.9 Å². The second kappa shape index (κ2) is 6.71. The van der Waals surface area contributed by atoms with Gasteiger partial charge in [0, 0.05) is 26.3 Å². The molecule has 0 aliphatic carbocycles. The van der Waals surface area contributed by atoms with E-state index in [1.807, 2.05) is 6.92 Å². The van der Waals surface area contributed by atoms with Crippen LogP contribution >= 0.6 is 0 Å². The van der Waals surface area contributed by atoms with Gasteiger partial charge in [-0.1, -0.05) is 0 Å². The zero-order valence-electron chi connectivity index (χ0n) is 13.0. The number of hydrogen-bond acceptors (Lipinski definition) is 5. The topological polar surface area (TPSA) is 47.5 Å². The minimum atomic E-state index is 0.392. The number of hydrogen-bond donors (Lipinski definition) is 0. The summed E-state index contributed by atoms with van der Waals surface area (Å²) in [6.07, 6.45) is 5.03. The highest BCUT2D eigenvalue weighted by atomic mass is 16.5. The maximum Gasteiger partial charge on any atom is 0.151 e. The van der Waals surface area contributed by atoms with Gasteiger partial charge in [0.1, 0.15) is 0 Å². The van der Waals surface area contributed by atoms with Gasteiger partial charge in [-0.25, -0.2) is 0 Å². The maximum atomic E-state index is 6.22. The largest absolute Gasteiger partial charge is 0.381 e. The van der Waals surface area contributed by atoms with Crippen molar-refractivity contribution in [2.24, 2.45) is 0 Å². The Morgan fingerprint density at radius 2 is 1.71 bits per heavy atom. The number of ether oxygens (including phenoxy) is 2. The molecule has 0 N–H and O–H groups in total. The summed E-state index contributed by atoms with van der Waals surface area (Å²) in [5, 5.41) is 8.55. The summed E-state index contributed by atoms with van der Waals surface area (Å²) in [7, 11) is 0. The summed E-state index contributed by atoms with van der Waals surface area (Å²) in [5.41, 5.74) is 2.22. The molecule has 0 bridgehead atoms. The van der Waals surface area contributed by atoms with E-state index in [4.69, 9.17) is 9.47 Å². The van der Waals surface area contributed by atoms with Crippen LogP contribution < -0.4 is 4.90 Å². The number of aryl methyl sites for hydroxylation is 2. The van der Waals surface area contributed by atoms with Crippen LogP contribution in [0.3, 0.4) is 0 Å². The Morgan fingerprint density at radius 3 is 2.38 bits per heavy atom. The first-order valence-corrected chi connectivity index (χ1v) is 8.01. The molecule has 0 spiro atoms. The average molecular weight is 291 g/mol. The van der Waals surface area contributed by atoms with Gasteiger partial charge in [0.25, 0.3) is 0 Å². The Labute approximate surface area is 126 Å². The first-order valence-electron chi connectivity index (χ1n) is 8.01. The Balaban J connectivity index is 1.51. The summed E-state index contributed by atoms with van der Waals surface area (Å²) in [5.74, 6) is 1.00. The van der Waals surface area contributed by atoms with Crippen LogP contribution in [0.4, 0.5) is 5.82 Å². The monoisotopic (exact) mass is 291 g/mol. The molecule has 116 valence electrons. The van der Waals surface area contributed by atoms with Crippen molar-refractivity contribution in [3.63, 3.8) is 0 Å². The predicted molar refractivity (Wildman–Crippen MR) is 81.7 cm³/mol. The highest BCUT2D eigenvalue weighted by Gasteiger charge is 2.25. The van der Waals surface area contributed by atoms with Crippen molar-refractivity contribution in [1.29, 1.82) is 0 Å². The molecule has 3 rings (SSSR count). The third-order valence-corrected chi connectivity index (χ3v) is 4.54. The Hall–Kier alpha value is -1.20. The minimum absolute atomic E-state index is 0.392. The van der Waals surface area contributed by atoms with Crippen LogP contribution in [0.15, 0.2) is 6.07 Å². The maximum absolute atomic E-state index is 6.22. The molecule has 0 atom stereocenters. The number of nitrogens with zero attached hydrogens (tertiary/aromatic N) is 3. The molecule has 21 heavy (non-hydrogen) atoms. The number of aromatic nitrogens is 2. The molecule has 2 fully saturated rings. The number of rotatable bonds is 3. The first-order chi connectivity index (χ1) is 10.2. The van der Waals surface area contributed by atoms with E-state index >= 15 is 0 Å². The number of anilines is 1. The van der Waals surface area contributed by atoms with Gasteiger partial charge in [-0.3, -0.25) is 0 Å². The molecule has 3 heterocycles. The molecule has 5 heteroatoms. The van der Waals surface area contributed by atoms with Gasteiger partial charge in [-0.15, -0.1) is 5.10 Å². The summed E-state index contributed by atoms with van der Waals surface area (Å²) in [6, 6.07) is 2.14. The average Bonchev–Trinajstić information content (AvgIpc) is 2.52. The zero-order chi connectivity index (χ0) is 14.7. The van der Waals surface area contributed by atoms with E-state index < -0.39 is 0 Å². The van der Waals surface area contributed by atoms with Crippen molar-refractivity contribution in [3.8, 4) is 0 Å². The molecule has 5 nitrogen and oxygen atoms in total. The van der Waals surface area contributed by atoms with Crippen molar-refractivity contribution in [2.45, 2.75) is 51.7 Å². The van der Waals surface area contributed by atoms with Gasteiger partial charge >= 0.3 is 0 Å². The van der Waals surface area contributed by atoms with Crippen molar-refractivity contribution in [2.75, 3.05) is 31.2 Å². The number of piperidine rings is 1. The van der Waals surface area contributed by atoms with Crippen LogP contribution in [0.1, 0.15) is 36.9 Å². The van der Waals surface area contributed by atoms with Crippen molar-refractivity contribution in [1.82, 2.24) is 10.2 Å². The van der Waals surface area contributed by atoms with Crippen LogP contribution in [-0.2, 0) is 9.47 Å². The van der Waals surface area contributed by atoms with E-state index in [2.05, 4.69) is 28.1 Å². The lowest BCUT2D eigenvalue weighted by atomic mass is 10.1. The molecule has 1 aromatic heterocycles. The summed E-state index contributed by atoms with van der Waals surface area (Å²) >= 11 is 0. The van der Waals surface area contributed by atoms with Crippen molar-refractivity contribution >= 4 is 5.82 Å². The molecule has 0 aromatic carbocycles. The summed E-state index contributed by atoms with van der Waals surface area (Å²) in [4.78, 5) is 2.32. The molecule has 2 saturated heterocycles. The lowest BCUT2D eigenvalue weighted by Crippen LogP contribution is -2.40. The SMILES string of the molecule is Cc1cc(N2CCC(OC3CCOCC3)CC2)nnc1C. The van der Waals surface area contributed by atoms with Crippen molar-refractivity contribution in [3.05, 3.63) is 17.3 Å². The van der Waals surface area contributed by atoms with Crippen LogP contribution in [0.25, 0.3) is 0 Å². The molecular weight excluding hydrogens is 266 g/mol. The van der Waals surface area contributed by atoms with E-state index in [1.165, 1.54) is 5.56 Å². The molecule has 1 aromatic rings.